The lowest BCUT2D eigenvalue weighted by atomic mass is 10.3. The molecular formula is C15H11N3OS. The van der Waals surface area contributed by atoms with Gasteiger partial charge < -0.3 is 5.32 Å². The van der Waals surface area contributed by atoms with Gasteiger partial charge in [0.2, 0.25) is 0 Å². The van der Waals surface area contributed by atoms with E-state index in [-0.39, 0.29) is 5.91 Å². The third-order valence-electron chi connectivity index (χ3n) is 2.70. The van der Waals surface area contributed by atoms with Gasteiger partial charge in [-0.3, -0.25) is 9.78 Å². The molecule has 1 amide bonds. The number of amides is 1. The van der Waals surface area contributed by atoms with Crippen molar-refractivity contribution in [2.45, 2.75) is 0 Å². The molecule has 0 aliphatic heterocycles. The van der Waals surface area contributed by atoms with Gasteiger partial charge in [0.15, 0.2) is 0 Å². The Hall–Kier alpha value is -2.53. The molecule has 1 aromatic carbocycles. The topological polar surface area (TPSA) is 54.9 Å². The Kier molecular flexibility index (Phi) is 3.52. The first kappa shape index (κ1) is 12.5. The lowest BCUT2D eigenvalue weighted by molar-refractivity contribution is 0.102. The van der Waals surface area contributed by atoms with Gasteiger partial charge in [0.1, 0.15) is 10.7 Å². The highest BCUT2D eigenvalue weighted by Gasteiger charge is 2.11. The van der Waals surface area contributed by atoms with Crippen LogP contribution in [0.1, 0.15) is 10.5 Å². The molecule has 2 heterocycles. The number of nitrogens with zero attached hydrogens (tertiary/aromatic N) is 2. The molecule has 0 fully saturated rings. The van der Waals surface area contributed by atoms with Gasteiger partial charge in [-0.1, -0.05) is 18.2 Å². The Morgan fingerprint density at radius 1 is 1.05 bits per heavy atom. The maximum atomic E-state index is 12.1. The summed E-state index contributed by atoms with van der Waals surface area (Å²) in [4.78, 5) is 20.4. The third-order valence-corrected chi connectivity index (χ3v) is 3.59. The summed E-state index contributed by atoms with van der Waals surface area (Å²) in [6.07, 6.45) is 3.42. The van der Waals surface area contributed by atoms with Crippen LogP contribution in [0.15, 0.2) is 60.2 Å². The number of carbonyl (C=O) groups is 1. The maximum absolute atomic E-state index is 12.1. The molecule has 0 saturated carbocycles. The van der Waals surface area contributed by atoms with Crippen LogP contribution < -0.4 is 5.32 Å². The highest BCUT2D eigenvalue weighted by Crippen LogP contribution is 2.23. The average molecular weight is 281 g/mol. The predicted octanol–water partition coefficient (Wildman–Crippen LogP) is 3.46. The summed E-state index contributed by atoms with van der Waals surface area (Å²) < 4.78 is 0. The Bertz CT molecular complexity index is 710. The van der Waals surface area contributed by atoms with E-state index in [1.54, 1.807) is 17.8 Å². The number of pyridine rings is 1. The summed E-state index contributed by atoms with van der Waals surface area (Å²) in [6, 6.07) is 13.1. The second kappa shape index (κ2) is 5.63. The van der Waals surface area contributed by atoms with Gasteiger partial charge in [-0.25, -0.2) is 4.98 Å². The molecule has 0 unspecified atom stereocenters. The van der Waals surface area contributed by atoms with Crippen LogP contribution in [0.4, 0.5) is 5.69 Å². The van der Waals surface area contributed by atoms with E-state index in [2.05, 4.69) is 15.3 Å². The number of hydrogen-bond acceptors (Lipinski definition) is 4. The summed E-state index contributed by atoms with van der Waals surface area (Å²) in [6.45, 7) is 0. The lowest BCUT2D eigenvalue weighted by Crippen LogP contribution is -2.12. The van der Waals surface area contributed by atoms with Crippen LogP contribution in [0.3, 0.4) is 0 Å². The Morgan fingerprint density at radius 3 is 2.55 bits per heavy atom. The number of carbonyl (C=O) groups excluding carboxylic acids is 1. The van der Waals surface area contributed by atoms with E-state index in [0.717, 1.165) is 16.3 Å². The summed E-state index contributed by atoms with van der Waals surface area (Å²) in [5.74, 6) is -0.201. The standard InChI is InChI=1S/C15H11N3OS/c19-14(17-12-4-2-1-3-5-12)13-10-20-15(18-13)11-6-8-16-9-7-11/h1-10H,(H,17,19). The molecule has 0 radical (unpaired) electrons. The van der Waals surface area contributed by atoms with E-state index >= 15 is 0 Å². The van der Waals surface area contributed by atoms with Crippen LogP contribution in [-0.2, 0) is 0 Å². The molecule has 1 N–H and O–H groups in total. The van der Waals surface area contributed by atoms with E-state index in [1.807, 2.05) is 42.5 Å². The van der Waals surface area contributed by atoms with Crippen LogP contribution in [-0.4, -0.2) is 15.9 Å². The molecule has 0 atom stereocenters. The second-order valence-electron chi connectivity index (χ2n) is 4.09. The largest absolute Gasteiger partial charge is 0.321 e. The number of para-hydroxylation sites is 1. The maximum Gasteiger partial charge on any atom is 0.275 e. The first-order valence-electron chi connectivity index (χ1n) is 6.05. The number of nitrogens with one attached hydrogen (secondary N) is 1. The van der Waals surface area contributed by atoms with E-state index in [1.165, 1.54) is 11.3 Å². The Morgan fingerprint density at radius 2 is 1.80 bits per heavy atom. The molecule has 98 valence electrons. The van der Waals surface area contributed by atoms with Crippen LogP contribution >= 0.6 is 11.3 Å². The highest BCUT2D eigenvalue weighted by atomic mass is 32.1. The molecule has 0 saturated heterocycles. The minimum absolute atomic E-state index is 0.201. The SMILES string of the molecule is O=C(Nc1ccccc1)c1csc(-c2ccncc2)n1. The predicted molar refractivity (Wildman–Crippen MR) is 79.7 cm³/mol. The molecule has 0 aliphatic carbocycles. The zero-order valence-electron chi connectivity index (χ0n) is 10.5. The van der Waals surface area contributed by atoms with Crippen molar-refractivity contribution in [3.8, 4) is 10.6 Å². The van der Waals surface area contributed by atoms with E-state index in [9.17, 15) is 4.79 Å². The summed E-state index contributed by atoms with van der Waals surface area (Å²) in [5.41, 5.74) is 2.14. The van der Waals surface area contributed by atoms with Crippen LogP contribution in [0.5, 0.6) is 0 Å². The van der Waals surface area contributed by atoms with Crippen molar-refractivity contribution in [3.05, 3.63) is 65.9 Å². The monoisotopic (exact) mass is 281 g/mol. The molecule has 20 heavy (non-hydrogen) atoms. The zero-order valence-corrected chi connectivity index (χ0v) is 11.3. The fourth-order valence-electron chi connectivity index (χ4n) is 1.72. The normalized spacial score (nSPS) is 10.2. The number of benzene rings is 1. The van der Waals surface area contributed by atoms with Gasteiger partial charge >= 0.3 is 0 Å². The smallest absolute Gasteiger partial charge is 0.275 e. The second-order valence-corrected chi connectivity index (χ2v) is 4.95. The van der Waals surface area contributed by atoms with Crippen molar-refractivity contribution in [1.82, 2.24) is 9.97 Å². The van der Waals surface area contributed by atoms with Crippen molar-refractivity contribution in [3.63, 3.8) is 0 Å². The quantitative estimate of drug-likeness (QED) is 0.800. The molecule has 2 aromatic heterocycles. The zero-order chi connectivity index (χ0) is 13.8. The van der Waals surface area contributed by atoms with Gasteiger partial charge in [0, 0.05) is 29.0 Å². The van der Waals surface area contributed by atoms with Crippen LogP contribution in [0.2, 0.25) is 0 Å². The number of hydrogen-bond donors (Lipinski definition) is 1. The van der Waals surface area contributed by atoms with Gasteiger partial charge in [-0.05, 0) is 24.3 Å². The van der Waals surface area contributed by atoms with Crippen molar-refractivity contribution < 1.29 is 4.79 Å². The van der Waals surface area contributed by atoms with Crippen molar-refractivity contribution >= 4 is 22.9 Å². The molecule has 3 rings (SSSR count). The van der Waals surface area contributed by atoms with Crippen LogP contribution in [0.25, 0.3) is 10.6 Å². The van der Waals surface area contributed by atoms with Crippen molar-refractivity contribution in [2.75, 3.05) is 5.32 Å². The average Bonchev–Trinajstić information content (AvgIpc) is 2.99. The molecule has 0 spiro atoms. The molecule has 0 bridgehead atoms. The lowest BCUT2D eigenvalue weighted by Gasteiger charge is -2.01. The molecular weight excluding hydrogens is 270 g/mol. The van der Waals surface area contributed by atoms with Crippen molar-refractivity contribution in [2.24, 2.45) is 0 Å². The number of thiazole rings is 1. The minimum Gasteiger partial charge on any atom is -0.321 e. The van der Waals surface area contributed by atoms with Gasteiger partial charge in [0.25, 0.3) is 5.91 Å². The van der Waals surface area contributed by atoms with Crippen LogP contribution in [0, 0.1) is 0 Å². The fraction of sp³-hybridized carbons (Fsp3) is 0. The summed E-state index contributed by atoms with van der Waals surface area (Å²) in [5, 5.41) is 5.38. The van der Waals surface area contributed by atoms with E-state index < -0.39 is 0 Å². The van der Waals surface area contributed by atoms with E-state index in [0.29, 0.717) is 5.69 Å². The van der Waals surface area contributed by atoms with Gasteiger partial charge in [-0.2, -0.15) is 0 Å². The molecule has 5 heteroatoms. The third kappa shape index (κ3) is 2.73. The number of rotatable bonds is 3. The molecule has 4 nitrogen and oxygen atoms in total. The van der Waals surface area contributed by atoms with Crippen molar-refractivity contribution in [1.29, 1.82) is 0 Å². The van der Waals surface area contributed by atoms with E-state index in [4.69, 9.17) is 0 Å². The van der Waals surface area contributed by atoms with Gasteiger partial charge in [-0.15, -0.1) is 11.3 Å². The molecule has 0 aliphatic rings. The Labute approximate surface area is 120 Å². The summed E-state index contributed by atoms with van der Waals surface area (Å²) in [7, 11) is 0. The number of anilines is 1. The first-order chi connectivity index (χ1) is 9.83. The Balaban J connectivity index is 1.79. The highest BCUT2D eigenvalue weighted by molar-refractivity contribution is 7.13. The number of aromatic nitrogens is 2. The summed E-state index contributed by atoms with van der Waals surface area (Å²) >= 11 is 1.44. The first-order valence-corrected chi connectivity index (χ1v) is 6.93. The fourth-order valence-corrected chi connectivity index (χ4v) is 2.53. The van der Waals surface area contributed by atoms with Gasteiger partial charge in [0.05, 0.1) is 0 Å². The minimum atomic E-state index is -0.201. The molecule has 3 aromatic rings.